The number of hydrogen-bond donors (Lipinski definition) is 1. The molecule has 1 saturated heterocycles. The van der Waals surface area contributed by atoms with E-state index >= 15 is 0 Å². The third-order valence-electron chi connectivity index (χ3n) is 3.67. The van der Waals surface area contributed by atoms with Crippen molar-refractivity contribution in [1.29, 1.82) is 0 Å². The molecule has 5 heteroatoms. The number of carbonyl (C=O) groups excluding carboxylic acids is 1. The Labute approximate surface area is 131 Å². The minimum absolute atomic E-state index is 0.120. The Bertz CT molecular complexity index is 471. The Morgan fingerprint density at radius 1 is 1.33 bits per heavy atom. The van der Waals surface area contributed by atoms with E-state index in [9.17, 15) is 9.90 Å². The van der Waals surface area contributed by atoms with Crippen LogP contribution in [-0.2, 0) is 5.75 Å². The molecular weight excluding hydrogens is 284 g/mol. The topological polar surface area (TPSA) is 43.8 Å². The van der Waals surface area contributed by atoms with Gasteiger partial charge in [-0.05, 0) is 30.9 Å². The summed E-state index contributed by atoms with van der Waals surface area (Å²) in [6.45, 7) is 5.62. The van der Waals surface area contributed by atoms with Crippen molar-refractivity contribution in [2.24, 2.45) is 0 Å². The molecule has 1 atom stereocenters. The molecule has 4 nitrogen and oxygen atoms in total. The van der Waals surface area contributed by atoms with Gasteiger partial charge in [0.15, 0.2) is 0 Å². The number of carbonyl (C=O) groups is 1. The first-order valence-electron chi connectivity index (χ1n) is 7.37. The van der Waals surface area contributed by atoms with Gasteiger partial charge in [0, 0.05) is 44.0 Å². The Kier molecular flexibility index (Phi) is 6.08. The zero-order chi connectivity index (χ0) is 15.2. The highest BCUT2D eigenvalue weighted by Gasteiger charge is 2.22. The first kappa shape index (κ1) is 16.3. The molecule has 0 aliphatic carbocycles. The molecule has 1 aromatic carbocycles. The lowest BCUT2D eigenvalue weighted by Crippen LogP contribution is -2.50. The van der Waals surface area contributed by atoms with E-state index in [-0.39, 0.29) is 12.0 Å². The maximum atomic E-state index is 12.5. The van der Waals surface area contributed by atoms with Gasteiger partial charge in [0.1, 0.15) is 0 Å². The Morgan fingerprint density at radius 2 is 2.05 bits per heavy atom. The molecule has 1 aliphatic heterocycles. The van der Waals surface area contributed by atoms with Gasteiger partial charge in [-0.3, -0.25) is 9.69 Å². The Balaban J connectivity index is 1.94. The molecule has 1 N–H and O–H groups in total. The van der Waals surface area contributed by atoms with Crippen molar-refractivity contribution in [3.05, 3.63) is 35.4 Å². The largest absolute Gasteiger partial charge is 0.392 e. The van der Waals surface area contributed by atoms with E-state index in [0.717, 1.165) is 37.5 Å². The fourth-order valence-corrected chi connectivity index (χ4v) is 3.16. The van der Waals surface area contributed by atoms with Gasteiger partial charge in [-0.2, -0.15) is 11.8 Å². The van der Waals surface area contributed by atoms with Gasteiger partial charge < -0.3 is 10.0 Å². The normalized spacial score (nSPS) is 17.8. The summed E-state index contributed by atoms with van der Waals surface area (Å²) in [6, 6.07) is 7.92. The number of benzene rings is 1. The van der Waals surface area contributed by atoms with Crippen LogP contribution in [-0.4, -0.2) is 65.9 Å². The van der Waals surface area contributed by atoms with E-state index in [0.29, 0.717) is 6.54 Å². The molecule has 0 unspecified atom stereocenters. The number of β-amino-alcohol motifs (C(OH)–C–C–N with tert-alkyl or cyclic N) is 1. The molecule has 21 heavy (non-hydrogen) atoms. The molecule has 0 saturated carbocycles. The third-order valence-corrected chi connectivity index (χ3v) is 4.29. The summed E-state index contributed by atoms with van der Waals surface area (Å²) in [5, 5.41) is 9.41. The number of piperazine rings is 1. The van der Waals surface area contributed by atoms with Crippen molar-refractivity contribution in [3.63, 3.8) is 0 Å². The second kappa shape index (κ2) is 7.82. The molecule has 0 radical (unpaired) electrons. The lowest BCUT2D eigenvalue weighted by molar-refractivity contribution is 0.0554. The number of hydrogen-bond acceptors (Lipinski definition) is 4. The van der Waals surface area contributed by atoms with Gasteiger partial charge in [-0.1, -0.05) is 12.1 Å². The molecule has 0 aromatic heterocycles. The number of amides is 1. The summed E-state index contributed by atoms with van der Waals surface area (Å²) >= 11 is 1.76. The highest BCUT2D eigenvalue weighted by molar-refractivity contribution is 7.97. The predicted octanol–water partition coefficient (Wildman–Crippen LogP) is 1.69. The summed E-state index contributed by atoms with van der Waals surface area (Å²) in [6.07, 6.45) is 1.76. The van der Waals surface area contributed by atoms with Crippen LogP contribution in [0.4, 0.5) is 0 Å². The summed E-state index contributed by atoms with van der Waals surface area (Å²) in [7, 11) is 0. The van der Waals surface area contributed by atoms with Crippen LogP contribution in [0.2, 0.25) is 0 Å². The van der Waals surface area contributed by atoms with E-state index in [4.69, 9.17) is 0 Å². The summed E-state index contributed by atoms with van der Waals surface area (Å²) in [5.41, 5.74) is 1.98. The fourth-order valence-electron chi connectivity index (χ4n) is 2.65. The smallest absolute Gasteiger partial charge is 0.253 e. The van der Waals surface area contributed by atoms with Gasteiger partial charge in [0.2, 0.25) is 0 Å². The van der Waals surface area contributed by atoms with Crippen molar-refractivity contribution in [3.8, 4) is 0 Å². The van der Waals surface area contributed by atoms with E-state index < -0.39 is 0 Å². The lowest BCUT2D eigenvalue weighted by atomic mass is 10.1. The second-order valence-electron chi connectivity index (χ2n) is 5.58. The maximum absolute atomic E-state index is 12.5. The first-order chi connectivity index (χ1) is 10.1. The average molecular weight is 308 g/mol. The van der Waals surface area contributed by atoms with Gasteiger partial charge in [-0.15, -0.1) is 0 Å². The minimum atomic E-state index is -0.310. The van der Waals surface area contributed by atoms with Gasteiger partial charge >= 0.3 is 0 Å². The molecule has 1 aromatic rings. The molecular formula is C16H24N2O2S. The monoisotopic (exact) mass is 308 g/mol. The molecule has 0 bridgehead atoms. The highest BCUT2D eigenvalue weighted by atomic mass is 32.2. The third kappa shape index (κ3) is 4.73. The summed E-state index contributed by atoms with van der Waals surface area (Å²) < 4.78 is 0. The lowest BCUT2D eigenvalue weighted by Gasteiger charge is -2.35. The Hall–Kier alpha value is -1.04. The fraction of sp³-hybridized carbons (Fsp3) is 0.562. The number of aliphatic hydroxyl groups excluding tert-OH is 1. The SMILES string of the molecule is CSCc1cccc(C(=O)N2CCN(C[C@H](C)O)CC2)c1. The van der Waals surface area contributed by atoms with Crippen LogP contribution in [0, 0.1) is 0 Å². The van der Waals surface area contributed by atoms with Crippen molar-refractivity contribution in [2.45, 2.75) is 18.8 Å². The van der Waals surface area contributed by atoms with E-state index in [1.165, 1.54) is 5.56 Å². The van der Waals surface area contributed by atoms with Gasteiger partial charge in [0.05, 0.1) is 6.10 Å². The zero-order valence-corrected chi connectivity index (χ0v) is 13.6. The average Bonchev–Trinajstić information content (AvgIpc) is 2.47. The van der Waals surface area contributed by atoms with Crippen LogP contribution in [0.15, 0.2) is 24.3 Å². The van der Waals surface area contributed by atoms with Gasteiger partial charge in [0.25, 0.3) is 5.91 Å². The van der Waals surface area contributed by atoms with Gasteiger partial charge in [-0.25, -0.2) is 0 Å². The molecule has 2 rings (SSSR count). The number of aliphatic hydroxyl groups is 1. The molecule has 1 amide bonds. The van der Waals surface area contributed by atoms with E-state index in [2.05, 4.69) is 17.2 Å². The standard InChI is InChI=1S/C16H24N2O2S/c1-13(19)11-17-6-8-18(9-7-17)16(20)15-5-3-4-14(10-15)12-21-2/h3-5,10,13,19H,6-9,11-12H2,1-2H3/t13-/m0/s1. The molecule has 1 aliphatic rings. The zero-order valence-electron chi connectivity index (χ0n) is 12.8. The van der Waals surface area contributed by atoms with Crippen molar-refractivity contribution < 1.29 is 9.90 Å². The molecule has 1 fully saturated rings. The minimum Gasteiger partial charge on any atom is -0.392 e. The number of nitrogens with zero attached hydrogens (tertiary/aromatic N) is 2. The number of rotatable bonds is 5. The first-order valence-corrected chi connectivity index (χ1v) is 8.77. The Morgan fingerprint density at radius 3 is 2.67 bits per heavy atom. The maximum Gasteiger partial charge on any atom is 0.253 e. The van der Waals surface area contributed by atoms with Crippen LogP contribution in [0.5, 0.6) is 0 Å². The molecule has 1 heterocycles. The van der Waals surface area contributed by atoms with Crippen LogP contribution in [0.25, 0.3) is 0 Å². The summed E-state index contributed by atoms with van der Waals surface area (Å²) in [4.78, 5) is 16.7. The predicted molar refractivity (Wildman–Crippen MR) is 87.7 cm³/mol. The van der Waals surface area contributed by atoms with Crippen molar-refractivity contribution in [1.82, 2.24) is 9.80 Å². The van der Waals surface area contributed by atoms with Crippen LogP contribution in [0.1, 0.15) is 22.8 Å². The van der Waals surface area contributed by atoms with Crippen molar-refractivity contribution in [2.75, 3.05) is 39.0 Å². The summed E-state index contributed by atoms with van der Waals surface area (Å²) in [5.74, 6) is 1.05. The molecule has 0 spiro atoms. The van der Waals surface area contributed by atoms with Crippen molar-refractivity contribution >= 4 is 17.7 Å². The van der Waals surface area contributed by atoms with Crippen LogP contribution >= 0.6 is 11.8 Å². The second-order valence-corrected chi connectivity index (χ2v) is 6.44. The molecule has 116 valence electrons. The van der Waals surface area contributed by atoms with Crippen LogP contribution < -0.4 is 0 Å². The quantitative estimate of drug-likeness (QED) is 0.899. The number of thioether (sulfide) groups is 1. The van der Waals surface area contributed by atoms with Crippen LogP contribution in [0.3, 0.4) is 0 Å². The van der Waals surface area contributed by atoms with E-state index in [1.54, 1.807) is 18.7 Å². The highest BCUT2D eigenvalue weighted by Crippen LogP contribution is 2.14. The van der Waals surface area contributed by atoms with E-state index in [1.807, 2.05) is 23.1 Å².